The third-order valence-corrected chi connectivity index (χ3v) is 5.45. The van der Waals surface area contributed by atoms with Gasteiger partial charge in [-0.1, -0.05) is 0 Å². The van der Waals surface area contributed by atoms with Crippen LogP contribution in [0.2, 0.25) is 5.02 Å². The Labute approximate surface area is 83.6 Å². The Hall–Kier alpha value is 0.900. The van der Waals surface area contributed by atoms with Gasteiger partial charge in [0.1, 0.15) is 0 Å². The minimum atomic E-state index is -0.189. The van der Waals surface area contributed by atoms with E-state index in [2.05, 4.69) is 18.6 Å². The molecule has 0 aliphatic rings. The number of benzene rings is 1. The van der Waals surface area contributed by atoms with E-state index in [0.29, 0.717) is 5.02 Å². The molecule has 0 bridgehead atoms. The molecule has 0 saturated heterocycles. The normalized spacial score (nSPS) is 10.3. The average molecular weight is 383 g/mol. The van der Waals surface area contributed by atoms with E-state index in [-0.39, 0.29) is 23.0 Å². The van der Waals surface area contributed by atoms with Gasteiger partial charge in [-0.05, 0) is 0 Å². The molecule has 1 aromatic carbocycles. The van der Waals surface area contributed by atoms with Crippen molar-refractivity contribution in [2.24, 2.45) is 0 Å². The van der Waals surface area contributed by atoms with Gasteiger partial charge in [0.05, 0.1) is 0 Å². The summed E-state index contributed by atoms with van der Waals surface area (Å²) < 4.78 is 13.6. The van der Waals surface area contributed by atoms with E-state index in [1.807, 2.05) is 0 Å². The van der Waals surface area contributed by atoms with Crippen LogP contribution in [0.5, 0.6) is 0 Å². The molecule has 0 nitrogen and oxygen atoms in total. The summed E-state index contributed by atoms with van der Waals surface area (Å²) in [4.78, 5) is 0. The summed E-state index contributed by atoms with van der Waals surface area (Å²) in [7, 11) is 0. The van der Waals surface area contributed by atoms with Gasteiger partial charge in [-0.2, -0.15) is 0 Å². The topological polar surface area (TPSA) is 0 Å². The number of halogens is 4. The molecule has 0 fully saturated rings. The van der Waals surface area contributed by atoms with Gasteiger partial charge < -0.3 is 0 Å². The van der Waals surface area contributed by atoms with Crippen LogP contribution in [0, 0.1) is 9.39 Å². The van der Waals surface area contributed by atoms with Crippen LogP contribution in [0.15, 0.2) is 18.2 Å². The Balaban J connectivity index is 3.07. The summed E-state index contributed by atoms with van der Waals surface area (Å²) in [6.45, 7) is 0. The third kappa shape index (κ3) is 2.20. The Kier molecular flexibility index (Phi) is 3.65. The maximum atomic E-state index is 12.8. The van der Waals surface area contributed by atoms with Crippen molar-refractivity contribution in [1.82, 2.24) is 0 Å². The van der Waals surface area contributed by atoms with Gasteiger partial charge in [0.25, 0.3) is 0 Å². The number of rotatable bonds is 1. The average Bonchev–Trinajstić information content (AvgIpc) is 1.88. The Morgan fingerprint density at radius 1 is 1.50 bits per heavy atom. The quantitative estimate of drug-likeness (QED) is 0.476. The molecule has 0 amide bonds. The Bertz CT molecular complexity index is 239. The van der Waals surface area contributed by atoms with E-state index in [1.54, 1.807) is 12.1 Å². The first-order chi connectivity index (χ1) is 4.74. The molecule has 0 unspecified atom stereocenters. The molecule has 0 aromatic heterocycles. The third-order valence-electron chi connectivity index (χ3n) is 0.959. The predicted molar refractivity (Wildman–Crippen MR) is 44.1 cm³/mol. The van der Waals surface area contributed by atoms with Crippen LogP contribution >= 0.6 is 30.2 Å². The zero-order chi connectivity index (χ0) is 7.56. The molecule has 1 aromatic rings. The molecule has 0 radical (unpaired) electrons. The van der Waals surface area contributed by atoms with Gasteiger partial charge >= 0.3 is 84.4 Å². The predicted octanol–water partition coefficient (Wildman–Crippen LogP) is 0.0877. The van der Waals surface area contributed by atoms with Crippen LogP contribution in [-0.4, -0.2) is 0 Å². The summed E-state index contributed by atoms with van der Waals surface area (Å²) in [6.07, 6.45) is 0. The second kappa shape index (κ2) is 4.06. The molecule has 0 saturated carbocycles. The Morgan fingerprint density at radius 3 is 2.70 bits per heavy atom. The monoisotopic (exact) mass is 383 g/mol. The molecule has 4 heteroatoms. The van der Waals surface area contributed by atoms with Crippen molar-refractivity contribution < 1.29 is 21.6 Å². The molecule has 0 spiro atoms. The van der Waals surface area contributed by atoms with Crippen LogP contribution < -0.4 is 17.2 Å². The van der Waals surface area contributed by atoms with Crippen molar-refractivity contribution in [3.05, 3.63) is 32.6 Å². The first-order valence-corrected chi connectivity index (χ1v) is 10.2. The van der Waals surface area contributed by atoms with Crippen molar-refractivity contribution in [3.63, 3.8) is 0 Å². The van der Waals surface area contributed by atoms with Gasteiger partial charge in [0.2, 0.25) is 0 Å². The van der Waals surface area contributed by atoms with Gasteiger partial charge in [-0.15, -0.1) is 0 Å². The molecule has 0 aliphatic heterocycles. The van der Waals surface area contributed by atoms with E-state index < -0.39 is 0 Å². The van der Waals surface area contributed by atoms with Crippen LogP contribution in [0.1, 0.15) is 0 Å². The van der Waals surface area contributed by atoms with E-state index in [1.165, 1.54) is 6.07 Å². The van der Waals surface area contributed by atoms with E-state index >= 15 is 0 Å². The molecule has 0 N–H and O–H groups in total. The van der Waals surface area contributed by atoms with Crippen LogP contribution in [-0.2, 0) is 0 Å². The molecular formula is C6H3ClFI2-. The van der Waals surface area contributed by atoms with Crippen molar-refractivity contribution in [3.8, 4) is 0 Å². The maximum absolute atomic E-state index is 12.8. The summed E-state index contributed by atoms with van der Waals surface area (Å²) in [5.41, 5.74) is 0. The summed E-state index contributed by atoms with van der Waals surface area (Å²) in [5.74, 6) is -0.172. The minimum absolute atomic E-state index is 0.172. The fourth-order valence-electron chi connectivity index (χ4n) is 0.528. The van der Waals surface area contributed by atoms with Crippen LogP contribution in [0.25, 0.3) is 0 Å². The zero-order valence-corrected chi connectivity index (χ0v) is 9.81. The van der Waals surface area contributed by atoms with Crippen molar-refractivity contribution in [2.45, 2.75) is 0 Å². The summed E-state index contributed by atoms with van der Waals surface area (Å²) in [5, 5.41) is 0.468. The van der Waals surface area contributed by atoms with Crippen LogP contribution in [0.3, 0.4) is 0 Å². The zero-order valence-electron chi connectivity index (χ0n) is 4.74. The molecule has 0 atom stereocenters. The molecule has 0 aliphatic carbocycles. The van der Waals surface area contributed by atoms with E-state index in [0.717, 1.165) is 3.57 Å². The second-order valence-electron chi connectivity index (χ2n) is 1.63. The summed E-state index contributed by atoms with van der Waals surface area (Å²) >= 11 is 7.57. The standard InChI is InChI=1S/C6H3ClFI2/c7-4-1-2-6(10-9)5(8)3-4/h1-3H/q-1. The fraction of sp³-hybridized carbons (Fsp3) is 0. The first-order valence-electron chi connectivity index (χ1n) is 2.45. The second-order valence-corrected chi connectivity index (χ2v) is 6.37. The number of hydrogen-bond acceptors (Lipinski definition) is 0. The van der Waals surface area contributed by atoms with Crippen LogP contribution in [0.4, 0.5) is 4.39 Å². The number of hydrogen-bond donors (Lipinski definition) is 0. The summed E-state index contributed by atoms with van der Waals surface area (Å²) in [6, 6.07) is 4.82. The van der Waals surface area contributed by atoms with Gasteiger partial charge in [-0.3, -0.25) is 0 Å². The first kappa shape index (κ1) is 8.99. The van der Waals surface area contributed by atoms with Gasteiger partial charge in [-0.25, -0.2) is 0 Å². The van der Waals surface area contributed by atoms with E-state index in [9.17, 15) is 4.39 Å². The van der Waals surface area contributed by atoms with Gasteiger partial charge in [0.15, 0.2) is 0 Å². The molecule has 10 heavy (non-hydrogen) atoms. The Morgan fingerprint density at radius 2 is 2.20 bits per heavy atom. The van der Waals surface area contributed by atoms with Crippen molar-refractivity contribution in [1.29, 1.82) is 0 Å². The molecular weight excluding hydrogens is 380 g/mol. The van der Waals surface area contributed by atoms with Crippen molar-refractivity contribution >= 4 is 30.2 Å². The van der Waals surface area contributed by atoms with Crippen molar-refractivity contribution in [2.75, 3.05) is 0 Å². The SMILES string of the molecule is Fc1cc(Cl)ccc1[I-]I. The van der Waals surface area contributed by atoms with Gasteiger partial charge in [0, 0.05) is 0 Å². The molecule has 1 rings (SSSR count). The fourth-order valence-corrected chi connectivity index (χ4v) is 3.57. The molecule has 56 valence electrons. The van der Waals surface area contributed by atoms with E-state index in [4.69, 9.17) is 11.6 Å². The molecule has 0 heterocycles.